The summed E-state index contributed by atoms with van der Waals surface area (Å²) >= 11 is 1.68. The van der Waals surface area contributed by atoms with E-state index in [4.69, 9.17) is 17.2 Å². The lowest BCUT2D eigenvalue weighted by atomic mass is 9.96. The molecule has 11 nitrogen and oxygen atoms in total. The predicted molar refractivity (Wildman–Crippen MR) is 141 cm³/mol. The van der Waals surface area contributed by atoms with Crippen LogP contribution in [0.2, 0.25) is 0 Å². The normalized spacial score (nSPS) is 14.4. The minimum atomic E-state index is -0.449. The highest BCUT2D eigenvalue weighted by molar-refractivity contribution is 7.14. The molecule has 0 aliphatic carbocycles. The minimum absolute atomic E-state index is 0.116. The van der Waals surface area contributed by atoms with Crippen LogP contribution in [0.4, 0.5) is 17.2 Å². The first kappa shape index (κ1) is 25.3. The summed E-state index contributed by atoms with van der Waals surface area (Å²) in [6.07, 6.45) is 5.81. The minimum Gasteiger partial charge on any atom is -0.397 e. The zero-order valence-electron chi connectivity index (χ0n) is 19.9. The van der Waals surface area contributed by atoms with Gasteiger partial charge in [-0.15, -0.1) is 11.3 Å². The van der Waals surface area contributed by atoms with Crippen molar-refractivity contribution in [2.45, 2.75) is 25.8 Å². The Morgan fingerprint density at radius 1 is 1.17 bits per heavy atom. The zero-order valence-corrected chi connectivity index (χ0v) is 20.8. The molecule has 3 aromatic heterocycles. The van der Waals surface area contributed by atoms with E-state index in [9.17, 15) is 9.59 Å². The SMILES string of the molecule is NC(=O)CCNc1nc(C(=O)NCC2CCN(Cc3cnc(-c4ccccn4)s3)CC2)cc(N)c1N. The topological polar surface area (TPSA) is 178 Å². The molecule has 0 atom stereocenters. The Morgan fingerprint density at radius 3 is 2.69 bits per heavy atom. The lowest BCUT2D eigenvalue weighted by molar-refractivity contribution is -0.117. The summed E-state index contributed by atoms with van der Waals surface area (Å²) in [5.41, 5.74) is 18.6. The number of nitrogens with zero attached hydrogens (tertiary/aromatic N) is 4. The monoisotopic (exact) mass is 509 g/mol. The Bertz CT molecular complexity index is 1190. The van der Waals surface area contributed by atoms with E-state index in [2.05, 4.69) is 30.5 Å². The maximum Gasteiger partial charge on any atom is 0.270 e. The molecule has 3 aromatic rings. The molecule has 0 aromatic carbocycles. The van der Waals surface area contributed by atoms with Gasteiger partial charge in [-0.1, -0.05) is 6.07 Å². The van der Waals surface area contributed by atoms with Gasteiger partial charge in [0.2, 0.25) is 5.91 Å². The van der Waals surface area contributed by atoms with Crippen LogP contribution >= 0.6 is 11.3 Å². The van der Waals surface area contributed by atoms with Gasteiger partial charge < -0.3 is 27.8 Å². The van der Waals surface area contributed by atoms with Crippen LogP contribution in [-0.2, 0) is 11.3 Å². The molecule has 4 heterocycles. The molecule has 0 saturated carbocycles. The number of hydrogen-bond donors (Lipinski definition) is 5. The van der Waals surface area contributed by atoms with Crippen molar-refractivity contribution in [3.05, 3.63) is 47.2 Å². The average molecular weight is 510 g/mol. The van der Waals surface area contributed by atoms with Crippen molar-refractivity contribution in [2.24, 2.45) is 11.7 Å². The Hall–Kier alpha value is -3.77. The number of nitrogens with two attached hydrogens (primary N) is 3. The summed E-state index contributed by atoms with van der Waals surface area (Å²) in [4.78, 5) is 40.5. The van der Waals surface area contributed by atoms with Crippen molar-refractivity contribution in [1.82, 2.24) is 25.2 Å². The van der Waals surface area contributed by atoms with Crippen molar-refractivity contribution in [3.8, 4) is 10.7 Å². The Kier molecular flexibility index (Phi) is 8.28. The second-order valence-corrected chi connectivity index (χ2v) is 9.89. The van der Waals surface area contributed by atoms with E-state index in [0.29, 0.717) is 12.5 Å². The third-order valence-corrected chi connectivity index (χ3v) is 7.07. The first-order chi connectivity index (χ1) is 17.4. The number of pyridine rings is 2. The van der Waals surface area contributed by atoms with Crippen molar-refractivity contribution in [3.63, 3.8) is 0 Å². The largest absolute Gasteiger partial charge is 0.397 e. The number of nitrogen functional groups attached to an aromatic ring is 2. The summed E-state index contributed by atoms with van der Waals surface area (Å²) in [7, 11) is 0. The fraction of sp³-hybridized carbons (Fsp3) is 0.375. The average Bonchev–Trinajstić information content (AvgIpc) is 3.34. The van der Waals surface area contributed by atoms with Gasteiger partial charge in [0.25, 0.3) is 5.91 Å². The maximum absolute atomic E-state index is 12.7. The van der Waals surface area contributed by atoms with Crippen LogP contribution in [0.5, 0.6) is 0 Å². The summed E-state index contributed by atoms with van der Waals surface area (Å²) < 4.78 is 0. The van der Waals surface area contributed by atoms with E-state index in [-0.39, 0.29) is 41.8 Å². The highest BCUT2D eigenvalue weighted by Gasteiger charge is 2.22. The maximum atomic E-state index is 12.7. The Balaban J connectivity index is 1.24. The first-order valence-corrected chi connectivity index (χ1v) is 12.7. The van der Waals surface area contributed by atoms with E-state index >= 15 is 0 Å². The van der Waals surface area contributed by atoms with E-state index in [0.717, 1.165) is 43.2 Å². The Morgan fingerprint density at radius 2 is 1.97 bits per heavy atom. The zero-order chi connectivity index (χ0) is 25.5. The van der Waals surface area contributed by atoms with Gasteiger partial charge in [0.15, 0.2) is 5.82 Å². The summed E-state index contributed by atoms with van der Waals surface area (Å²) in [5.74, 6) is -0.108. The van der Waals surface area contributed by atoms with Gasteiger partial charge in [-0.25, -0.2) is 9.97 Å². The number of piperidine rings is 1. The molecule has 1 fully saturated rings. The molecule has 0 radical (unpaired) electrons. The smallest absolute Gasteiger partial charge is 0.270 e. The number of nitrogens with one attached hydrogen (secondary N) is 2. The van der Waals surface area contributed by atoms with Crippen LogP contribution < -0.4 is 27.8 Å². The molecular weight excluding hydrogens is 478 g/mol. The first-order valence-electron chi connectivity index (χ1n) is 11.8. The number of likely N-dealkylation sites (tertiary alicyclic amines) is 1. The van der Waals surface area contributed by atoms with Crippen LogP contribution in [-0.4, -0.2) is 57.8 Å². The van der Waals surface area contributed by atoms with Crippen LogP contribution in [0, 0.1) is 5.92 Å². The molecule has 190 valence electrons. The number of rotatable bonds is 10. The van der Waals surface area contributed by atoms with Gasteiger partial charge in [0.1, 0.15) is 10.7 Å². The van der Waals surface area contributed by atoms with Gasteiger partial charge >= 0.3 is 0 Å². The number of amides is 2. The van der Waals surface area contributed by atoms with Crippen molar-refractivity contribution in [2.75, 3.05) is 43.0 Å². The number of hydrogen-bond acceptors (Lipinski definition) is 10. The van der Waals surface area contributed by atoms with E-state index in [1.165, 1.54) is 10.9 Å². The van der Waals surface area contributed by atoms with Crippen molar-refractivity contribution < 1.29 is 9.59 Å². The molecule has 2 amide bonds. The molecule has 12 heteroatoms. The van der Waals surface area contributed by atoms with Crippen LogP contribution in [0.3, 0.4) is 0 Å². The number of carbonyl (C=O) groups excluding carboxylic acids is 2. The van der Waals surface area contributed by atoms with E-state index < -0.39 is 5.91 Å². The van der Waals surface area contributed by atoms with Gasteiger partial charge in [-0.2, -0.15) is 0 Å². The number of anilines is 3. The highest BCUT2D eigenvalue weighted by atomic mass is 32.1. The summed E-state index contributed by atoms with van der Waals surface area (Å²) in [6.45, 7) is 3.59. The highest BCUT2D eigenvalue weighted by Crippen LogP contribution is 2.26. The number of thiazole rings is 1. The van der Waals surface area contributed by atoms with E-state index in [1.807, 2.05) is 24.4 Å². The summed E-state index contributed by atoms with van der Waals surface area (Å²) in [5, 5.41) is 6.82. The molecule has 8 N–H and O–H groups in total. The second kappa shape index (κ2) is 11.8. The molecule has 0 bridgehead atoms. The third kappa shape index (κ3) is 6.67. The fourth-order valence-corrected chi connectivity index (χ4v) is 4.95. The van der Waals surface area contributed by atoms with Gasteiger partial charge in [0.05, 0.1) is 17.1 Å². The lowest BCUT2D eigenvalue weighted by Gasteiger charge is -2.31. The standard InChI is InChI=1S/C24H31N9O2S/c25-17-11-19(32-22(21(17)27)29-8-4-20(26)34)23(35)30-12-15-5-9-33(10-6-15)14-16-13-31-24(36-16)18-3-1-2-7-28-18/h1-3,7,11,13,15H,4-6,8-10,12,14,27H2,(H2,26,34)(H,30,35)(H3,25,29,32). The molecular formula is C24H31N9O2S. The predicted octanol–water partition coefficient (Wildman–Crippen LogP) is 1.69. The van der Waals surface area contributed by atoms with Crippen LogP contribution in [0.25, 0.3) is 10.7 Å². The van der Waals surface area contributed by atoms with Crippen molar-refractivity contribution >= 4 is 40.3 Å². The quantitative estimate of drug-likeness (QED) is 0.272. The van der Waals surface area contributed by atoms with Gasteiger partial charge in [-0.05, 0) is 50.0 Å². The van der Waals surface area contributed by atoms with Gasteiger partial charge in [-0.3, -0.25) is 19.5 Å². The number of primary amides is 1. The molecule has 4 rings (SSSR count). The van der Waals surface area contributed by atoms with Gasteiger partial charge in [0, 0.05) is 43.3 Å². The molecule has 0 spiro atoms. The Labute approximate surface area is 213 Å². The van der Waals surface area contributed by atoms with Crippen LogP contribution in [0.15, 0.2) is 36.7 Å². The number of carbonyl (C=O) groups is 2. The number of aromatic nitrogens is 3. The van der Waals surface area contributed by atoms with Crippen LogP contribution in [0.1, 0.15) is 34.6 Å². The van der Waals surface area contributed by atoms with E-state index in [1.54, 1.807) is 17.5 Å². The molecule has 0 unspecified atom stereocenters. The molecule has 1 saturated heterocycles. The lowest BCUT2D eigenvalue weighted by Crippen LogP contribution is -2.38. The second-order valence-electron chi connectivity index (χ2n) is 8.78. The fourth-order valence-electron chi connectivity index (χ4n) is 4.01. The molecule has 36 heavy (non-hydrogen) atoms. The van der Waals surface area contributed by atoms with Crippen molar-refractivity contribution in [1.29, 1.82) is 0 Å². The molecule has 1 aliphatic heterocycles. The molecule has 1 aliphatic rings. The summed E-state index contributed by atoms with van der Waals surface area (Å²) in [6, 6.07) is 7.29. The third-order valence-electron chi connectivity index (χ3n) is 6.06.